The van der Waals surface area contributed by atoms with Gasteiger partial charge in [0.1, 0.15) is 0 Å². The Balaban J connectivity index is 1.92. The van der Waals surface area contributed by atoms with E-state index in [0.29, 0.717) is 6.04 Å². The van der Waals surface area contributed by atoms with Crippen molar-refractivity contribution in [3.05, 3.63) is 24.2 Å². The standard InChI is InChI=1S/C15H25NO/c1-3-12-5-6-14(9-12)15(16-4-2)10-13-7-8-17-11-13/h7-8,11-12,14-16H,3-6,9-10H2,1-2H3. The minimum Gasteiger partial charge on any atom is -0.472 e. The van der Waals surface area contributed by atoms with E-state index in [0.717, 1.165) is 24.8 Å². The van der Waals surface area contributed by atoms with Crippen molar-refractivity contribution in [1.82, 2.24) is 5.32 Å². The molecule has 3 atom stereocenters. The molecule has 2 nitrogen and oxygen atoms in total. The van der Waals surface area contributed by atoms with E-state index in [1.165, 1.54) is 31.2 Å². The van der Waals surface area contributed by atoms with Gasteiger partial charge in [-0.3, -0.25) is 0 Å². The van der Waals surface area contributed by atoms with Crippen LogP contribution in [0.2, 0.25) is 0 Å². The summed E-state index contributed by atoms with van der Waals surface area (Å²) in [7, 11) is 0. The summed E-state index contributed by atoms with van der Waals surface area (Å²) in [5, 5.41) is 3.67. The Morgan fingerprint density at radius 2 is 2.29 bits per heavy atom. The Kier molecular flexibility index (Phi) is 4.66. The first-order valence-corrected chi connectivity index (χ1v) is 7.07. The summed E-state index contributed by atoms with van der Waals surface area (Å²) in [5.41, 5.74) is 1.33. The largest absolute Gasteiger partial charge is 0.472 e. The second-order valence-electron chi connectivity index (χ2n) is 5.35. The van der Waals surface area contributed by atoms with Gasteiger partial charge in [-0.15, -0.1) is 0 Å². The summed E-state index contributed by atoms with van der Waals surface area (Å²) in [6.45, 7) is 5.59. The van der Waals surface area contributed by atoms with Gasteiger partial charge >= 0.3 is 0 Å². The van der Waals surface area contributed by atoms with E-state index in [9.17, 15) is 0 Å². The molecule has 1 fully saturated rings. The fourth-order valence-electron chi connectivity index (χ4n) is 3.18. The van der Waals surface area contributed by atoms with E-state index in [-0.39, 0.29) is 0 Å². The Hall–Kier alpha value is -0.760. The molecular formula is C15H25NO. The van der Waals surface area contributed by atoms with Gasteiger partial charge in [-0.2, -0.15) is 0 Å². The van der Waals surface area contributed by atoms with Gasteiger partial charge in [0.15, 0.2) is 0 Å². The van der Waals surface area contributed by atoms with Gasteiger partial charge in [-0.05, 0) is 49.3 Å². The molecule has 96 valence electrons. The van der Waals surface area contributed by atoms with Crippen molar-refractivity contribution in [1.29, 1.82) is 0 Å². The first-order valence-electron chi connectivity index (χ1n) is 7.07. The van der Waals surface area contributed by atoms with Gasteiger partial charge in [-0.1, -0.05) is 26.7 Å². The van der Waals surface area contributed by atoms with Crippen LogP contribution in [0.15, 0.2) is 23.0 Å². The normalized spacial score (nSPS) is 26.2. The van der Waals surface area contributed by atoms with Crippen molar-refractivity contribution in [3.63, 3.8) is 0 Å². The molecule has 0 amide bonds. The van der Waals surface area contributed by atoms with E-state index < -0.39 is 0 Å². The Morgan fingerprint density at radius 1 is 1.41 bits per heavy atom. The Labute approximate surface area is 105 Å². The summed E-state index contributed by atoms with van der Waals surface area (Å²) in [6.07, 6.45) is 10.4. The molecule has 1 heterocycles. The monoisotopic (exact) mass is 235 g/mol. The maximum Gasteiger partial charge on any atom is 0.0935 e. The van der Waals surface area contributed by atoms with Crippen molar-refractivity contribution in [3.8, 4) is 0 Å². The minimum absolute atomic E-state index is 0.633. The Morgan fingerprint density at radius 3 is 2.88 bits per heavy atom. The molecule has 1 aromatic rings. The third kappa shape index (κ3) is 3.35. The number of hydrogen-bond donors (Lipinski definition) is 1. The van der Waals surface area contributed by atoms with Crippen LogP contribution in [-0.4, -0.2) is 12.6 Å². The van der Waals surface area contributed by atoms with Crippen LogP contribution in [0.25, 0.3) is 0 Å². The number of furan rings is 1. The number of nitrogens with one attached hydrogen (secondary N) is 1. The van der Waals surface area contributed by atoms with Crippen molar-refractivity contribution >= 4 is 0 Å². The van der Waals surface area contributed by atoms with Gasteiger partial charge < -0.3 is 9.73 Å². The number of rotatable bonds is 6. The summed E-state index contributed by atoms with van der Waals surface area (Å²) in [4.78, 5) is 0. The van der Waals surface area contributed by atoms with Crippen molar-refractivity contribution in [2.75, 3.05) is 6.54 Å². The fourth-order valence-corrected chi connectivity index (χ4v) is 3.18. The van der Waals surface area contributed by atoms with Crippen LogP contribution < -0.4 is 5.32 Å². The van der Waals surface area contributed by atoms with Crippen LogP contribution in [0.3, 0.4) is 0 Å². The average molecular weight is 235 g/mol. The summed E-state index contributed by atoms with van der Waals surface area (Å²) < 4.78 is 5.17. The second kappa shape index (κ2) is 6.25. The maximum atomic E-state index is 5.17. The van der Waals surface area contributed by atoms with E-state index in [4.69, 9.17) is 4.42 Å². The number of likely N-dealkylation sites (N-methyl/N-ethyl adjacent to an activating group) is 1. The van der Waals surface area contributed by atoms with Crippen LogP contribution in [0, 0.1) is 11.8 Å². The molecule has 0 bridgehead atoms. The van der Waals surface area contributed by atoms with Gasteiger partial charge in [0.05, 0.1) is 12.5 Å². The van der Waals surface area contributed by atoms with Crippen molar-refractivity contribution in [2.45, 2.75) is 52.0 Å². The molecule has 0 radical (unpaired) electrons. The first-order chi connectivity index (χ1) is 8.33. The summed E-state index contributed by atoms with van der Waals surface area (Å²) in [5.74, 6) is 1.82. The molecule has 2 heteroatoms. The predicted molar refractivity (Wildman–Crippen MR) is 71.0 cm³/mol. The third-order valence-electron chi connectivity index (χ3n) is 4.23. The SMILES string of the molecule is CCNC(Cc1ccoc1)C1CCC(CC)C1. The highest BCUT2D eigenvalue weighted by Gasteiger charge is 2.29. The molecule has 3 unspecified atom stereocenters. The Bertz CT molecular complexity index is 307. The molecule has 0 spiro atoms. The fraction of sp³-hybridized carbons (Fsp3) is 0.733. The van der Waals surface area contributed by atoms with Gasteiger partial charge in [-0.25, -0.2) is 0 Å². The zero-order chi connectivity index (χ0) is 12.1. The highest BCUT2D eigenvalue weighted by Crippen LogP contribution is 2.35. The molecule has 2 rings (SSSR count). The molecule has 0 saturated heterocycles. The lowest BCUT2D eigenvalue weighted by molar-refractivity contribution is 0.348. The summed E-state index contributed by atoms with van der Waals surface area (Å²) in [6, 6.07) is 2.73. The predicted octanol–water partition coefficient (Wildman–Crippen LogP) is 3.63. The molecule has 1 saturated carbocycles. The van der Waals surface area contributed by atoms with Crippen LogP contribution in [-0.2, 0) is 6.42 Å². The van der Waals surface area contributed by atoms with Crippen LogP contribution in [0.5, 0.6) is 0 Å². The van der Waals surface area contributed by atoms with Gasteiger partial charge in [0.2, 0.25) is 0 Å². The highest BCUT2D eigenvalue weighted by atomic mass is 16.3. The molecule has 1 N–H and O–H groups in total. The molecule has 1 aliphatic carbocycles. The number of hydrogen-bond acceptors (Lipinski definition) is 2. The second-order valence-corrected chi connectivity index (χ2v) is 5.35. The molecular weight excluding hydrogens is 210 g/mol. The van der Waals surface area contributed by atoms with E-state index in [2.05, 4.69) is 25.2 Å². The molecule has 17 heavy (non-hydrogen) atoms. The zero-order valence-electron chi connectivity index (χ0n) is 11.1. The van der Waals surface area contributed by atoms with Crippen LogP contribution in [0.1, 0.15) is 45.1 Å². The first kappa shape index (κ1) is 12.7. The average Bonchev–Trinajstić information content (AvgIpc) is 2.99. The van der Waals surface area contributed by atoms with E-state index in [1.54, 1.807) is 6.26 Å². The smallest absolute Gasteiger partial charge is 0.0935 e. The van der Waals surface area contributed by atoms with Crippen LogP contribution >= 0.6 is 0 Å². The topological polar surface area (TPSA) is 25.2 Å². The minimum atomic E-state index is 0.633. The lowest BCUT2D eigenvalue weighted by Gasteiger charge is -2.24. The maximum absolute atomic E-state index is 5.17. The van der Waals surface area contributed by atoms with E-state index >= 15 is 0 Å². The summed E-state index contributed by atoms with van der Waals surface area (Å²) >= 11 is 0. The lowest BCUT2D eigenvalue weighted by atomic mass is 9.91. The lowest BCUT2D eigenvalue weighted by Crippen LogP contribution is -2.37. The highest BCUT2D eigenvalue weighted by molar-refractivity contribution is 5.08. The quantitative estimate of drug-likeness (QED) is 0.814. The third-order valence-corrected chi connectivity index (χ3v) is 4.23. The molecule has 1 aliphatic rings. The van der Waals surface area contributed by atoms with Crippen LogP contribution in [0.4, 0.5) is 0 Å². The molecule has 0 aliphatic heterocycles. The van der Waals surface area contributed by atoms with Crippen molar-refractivity contribution in [2.24, 2.45) is 11.8 Å². The molecule has 0 aromatic carbocycles. The van der Waals surface area contributed by atoms with Crippen molar-refractivity contribution < 1.29 is 4.42 Å². The van der Waals surface area contributed by atoms with E-state index in [1.807, 2.05) is 6.26 Å². The zero-order valence-corrected chi connectivity index (χ0v) is 11.1. The molecule has 1 aromatic heterocycles. The van der Waals surface area contributed by atoms with Gasteiger partial charge in [0, 0.05) is 6.04 Å². The van der Waals surface area contributed by atoms with Gasteiger partial charge in [0.25, 0.3) is 0 Å².